The van der Waals surface area contributed by atoms with Gasteiger partial charge < -0.3 is 4.74 Å². The van der Waals surface area contributed by atoms with Crippen molar-refractivity contribution in [2.24, 2.45) is 7.05 Å². The smallest absolute Gasteiger partial charge is 0.422 e. The van der Waals surface area contributed by atoms with Gasteiger partial charge in [0, 0.05) is 7.05 Å². The summed E-state index contributed by atoms with van der Waals surface area (Å²) in [6.07, 6.45) is -4.46. The van der Waals surface area contributed by atoms with Gasteiger partial charge in [0.25, 0.3) is 0 Å². The van der Waals surface area contributed by atoms with Crippen LogP contribution in [0.1, 0.15) is 0 Å². The molecule has 0 unspecified atom stereocenters. The number of hydrogen-bond donors (Lipinski definition) is 1. The van der Waals surface area contributed by atoms with Gasteiger partial charge in [0.1, 0.15) is 0 Å². The van der Waals surface area contributed by atoms with Gasteiger partial charge in [-0.25, -0.2) is 4.79 Å². The number of alkyl halides is 3. The van der Waals surface area contributed by atoms with Gasteiger partial charge in [-0.15, -0.1) is 5.10 Å². The minimum atomic E-state index is -4.54. The van der Waals surface area contributed by atoms with Gasteiger partial charge in [-0.3, -0.25) is 10.00 Å². The van der Waals surface area contributed by atoms with E-state index < -0.39 is 18.9 Å². The Hall–Kier alpha value is -1.80. The van der Waals surface area contributed by atoms with Crippen molar-refractivity contribution in [3.63, 3.8) is 0 Å². The van der Waals surface area contributed by atoms with Gasteiger partial charge in [0.15, 0.2) is 12.4 Å². The molecule has 0 saturated heterocycles. The molecule has 6 nitrogen and oxygen atoms in total. The average Bonchev–Trinajstić information content (AvgIpc) is 2.47. The highest BCUT2D eigenvalue weighted by molar-refractivity contribution is 5.82. The molecule has 0 saturated carbocycles. The molecule has 1 N–H and O–H groups in total. The number of carbonyl (C=O) groups is 1. The summed E-state index contributed by atoms with van der Waals surface area (Å²) in [7, 11) is 1.54. The van der Waals surface area contributed by atoms with Crippen LogP contribution in [0.4, 0.5) is 23.8 Å². The minimum Gasteiger partial charge on any atom is -0.440 e. The highest BCUT2D eigenvalue weighted by Gasteiger charge is 2.29. The number of anilines is 1. The predicted molar refractivity (Wildman–Crippen MR) is 42.0 cm³/mol. The number of carbonyl (C=O) groups excluding carboxylic acids is 1. The van der Waals surface area contributed by atoms with Crippen LogP contribution in [0.3, 0.4) is 0 Å². The zero-order valence-corrected chi connectivity index (χ0v) is 7.58. The second-order valence-corrected chi connectivity index (χ2v) is 2.59. The van der Waals surface area contributed by atoms with Gasteiger partial charge in [-0.2, -0.15) is 13.2 Å². The fourth-order valence-electron chi connectivity index (χ4n) is 0.693. The van der Waals surface area contributed by atoms with E-state index in [0.29, 0.717) is 0 Å². The van der Waals surface area contributed by atoms with E-state index in [2.05, 4.69) is 15.0 Å². The Bertz CT molecular complexity index is 348. The largest absolute Gasteiger partial charge is 0.440 e. The molecule has 1 aromatic heterocycles. The lowest BCUT2D eigenvalue weighted by Crippen LogP contribution is -2.23. The van der Waals surface area contributed by atoms with Crippen molar-refractivity contribution in [2.75, 3.05) is 11.9 Å². The molecule has 0 bridgehead atoms. The fraction of sp³-hybridized carbons (Fsp3) is 0.500. The predicted octanol–water partition coefficient (Wildman–Crippen LogP) is 0.926. The van der Waals surface area contributed by atoms with Gasteiger partial charge >= 0.3 is 12.3 Å². The molecule has 1 aromatic rings. The topological polar surface area (TPSA) is 69.0 Å². The Labute approximate surface area is 82.0 Å². The van der Waals surface area contributed by atoms with E-state index in [4.69, 9.17) is 0 Å². The van der Waals surface area contributed by atoms with Crippen molar-refractivity contribution in [2.45, 2.75) is 6.18 Å². The molecule has 1 rings (SSSR count). The first kappa shape index (κ1) is 11.3. The lowest BCUT2D eigenvalue weighted by molar-refractivity contribution is -0.159. The molecule has 0 spiro atoms. The lowest BCUT2D eigenvalue weighted by atomic mass is 10.7. The van der Waals surface area contributed by atoms with E-state index in [0.717, 1.165) is 0 Å². The van der Waals surface area contributed by atoms with Crippen LogP contribution in [0, 0.1) is 0 Å². The zero-order chi connectivity index (χ0) is 11.5. The maximum atomic E-state index is 11.6. The molecule has 9 heteroatoms. The normalized spacial score (nSPS) is 11.2. The van der Waals surface area contributed by atoms with Crippen LogP contribution in [-0.2, 0) is 11.8 Å². The summed E-state index contributed by atoms with van der Waals surface area (Å²) in [6.45, 7) is -1.64. The number of ether oxygens (including phenoxy) is 1. The number of halogens is 3. The summed E-state index contributed by atoms with van der Waals surface area (Å²) in [5.74, 6) is 0.0182. The molecule has 0 aliphatic rings. The van der Waals surface area contributed by atoms with Crippen LogP contribution >= 0.6 is 0 Å². The van der Waals surface area contributed by atoms with Crippen LogP contribution in [0.5, 0.6) is 0 Å². The monoisotopic (exact) mass is 224 g/mol. The molecular formula is C6H7F3N4O2. The van der Waals surface area contributed by atoms with Crippen molar-refractivity contribution in [1.29, 1.82) is 0 Å². The summed E-state index contributed by atoms with van der Waals surface area (Å²) in [6, 6.07) is 0. The Morgan fingerprint density at radius 3 is 2.80 bits per heavy atom. The van der Waals surface area contributed by atoms with Crippen LogP contribution in [0.2, 0.25) is 0 Å². The first-order valence-electron chi connectivity index (χ1n) is 3.74. The Kier molecular flexibility index (Phi) is 3.12. The Morgan fingerprint density at radius 2 is 2.33 bits per heavy atom. The summed E-state index contributed by atoms with van der Waals surface area (Å²) in [4.78, 5) is 10.8. The Morgan fingerprint density at radius 1 is 1.67 bits per heavy atom. The van der Waals surface area contributed by atoms with Gasteiger partial charge in [-0.1, -0.05) is 5.21 Å². The fourth-order valence-corrected chi connectivity index (χ4v) is 0.693. The Balaban J connectivity index is 2.37. The molecule has 1 amide bonds. The summed E-state index contributed by atoms with van der Waals surface area (Å²) >= 11 is 0. The van der Waals surface area contributed by atoms with Crippen LogP contribution in [0.25, 0.3) is 0 Å². The van der Waals surface area contributed by atoms with Crippen molar-refractivity contribution in [1.82, 2.24) is 15.0 Å². The third-order valence-electron chi connectivity index (χ3n) is 1.20. The average molecular weight is 224 g/mol. The molecule has 0 atom stereocenters. The third-order valence-corrected chi connectivity index (χ3v) is 1.20. The number of aryl methyl sites for hydroxylation is 1. The molecule has 84 valence electrons. The van der Waals surface area contributed by atoms with Gasteiger partial charge in [-0.05, 0) is 0 Å². The molecule has 1 heterocycles. The lowest BCUT2D eigenvalue weighted by Gasteiger charge is -2.07. The summed E-state index contributed by atoms with van der Waals surface area (Å²) < 4.78 is 40.0. The standard InChI is InChI=1S/C6H7F3N4O2/c1-13-2-4(11-12-13)10-5(14)15-3-6(7,8)9/h2H,3H2,1H3,(H,10,14). The molecular weight excluding hydrogens is 217 g/mol. The molecule has 0 aliphatic heterocycles. The van der Waals surface area contributed by atoms with Crippen molar-refractivity contribution in [3.8, 4) is 0 Å². The van der Waals surface area contributed by atoms with Crippen molar-refractivity contribution >= 4 is 11.9 Å². The second kappa shape index (κ2) is 4.15. The third kappa shape index (κ3) is 4.29. The van der Waals surface area contributed by atoms with E-state index in [9.17, 15) is 18.0 Å². The van der Waals surface area contributed by atoms with Crippen LogP contribution < -0.4 is 5.32 Å². The molecule has 0 fully saturated rings. The number of rotatable bonds is 2. The van der Waals surface area contributed by atoms with Crippen molar-refractivity contribution in [3.05, 3.63) is 6.20 Å². The molecule has 15 heavy (non-hydrogen) atoms. The number of nitrogens with zero attached hydrogens (tertiary/aromatic N) is 3. The second-order valence-electron chi connectivity index (χ2n) is 2.59. The number of nitrogens with one attached hydrogen (secondary N) is 1. The number of hydrogen-bond acceptors (Lipinski definition) is 4. The first-order valence-corrected chi connectivity index (χ1v) is 3.74. The highest BCUT2D eigenvalue weighted by Crippen LogP contribution is 2.14. The van der Waals surface area contributed by atoms with Gasteiger partial charge in [0.05, 0.1) is 6.20 Å². The van der Waals surface area contributed by atoms with E-state index in [1.807, 2.05) is 5.32 Å². The van der Waals surface area contributed by atoms with E-state index >= 15 is 0 Å². The molecule has 0 aliphatic carbocycles. The number of amides is 1. The van der Waals surface area contributed by atoms with Crippen LogP contribution in [0.15, 0.2) is 6.20 Å². The maximum absolute atomic E-state index is 11.6. The summed E-state index contributed by atoms with van der Waals surface area (Å²) in [5, 5.41) is 8.85. The van der Waals surface area contributed by atoms with E-state index in [1.165, 1.54) is 10.9 Å². The maximum Gasteiger partial charge on any atom is 0.422 e. The van der Waals surface area contributed by atoms with Crippen molar-refractivity contribution < 1.29 is 22.7 Å². The highest BCUT2D eigenvalue weighted by atomic mass is 19.4. The zero-order valence-electron chi connectivity index (χ0n) is 7.58. The van der Waals surface area contributed by atoms with Crippen LogP contribution in [-0.4, -0.2) is 33.9 Å². The molecule has 0 aromatic carbocycles. The van der Waals surface area contributed by atoms with Gasteiger partial charge in [0.2, 0.25) is 0 Å². The number of aromatic nitrogens is 3. The minimum absolute atomic E-state index is 0.0182. The SMILES string of the molecule is Cn1cc(NC(=O)OCC(F)(F)F)nn1. The quantitative estimate of drug-likeness (QED) is 0.811. The first-order chi connectivity index (χ1) is 6.87. The van der Waals surface area contributed by atoms with E-state index in [1.54, 1.807) is 7.05 Å². The van der Waals surface area contributed by atoms with E-state index in [-0.39, 0.29) is 5.82 Å². The molecule has 0 radical (unpaired) electrons. The summed E-state index contributed by atoms with van der Waals surface area (Å²) in [5.41, 5.74) is 0.